The van der Waals surface area contributed by atoms with E-state index in [0.29, 0.717) is 18.2 Å². The normalized spacial score (nSPS) is 11.1. The van der Waals surface area contributed by atoms with Gasteiger partial charge in [0.15, 0.2) is 11.7 Å². The van der Waals surface area contributed by atoms with E-state index in [4.69, 9.17) is 4.74 Å². The van der Waals surface area contributed by atoms with Crippen LogP contribution in [0.15, 0.2) is 60.8 Å². The Kier molecular flexibility index (Phi) is 5.57. The molecule has 4 rings (SSSR count). The number of ether oxygens (including phenoxy) is 1. The van der Waals surface area contributed by atoms with Crippen molar-refractivity contribution in [1.82, 2.24) is 9.55 Å². The van der Waals surface area contributed by atoms with E-state index >= 15 is 0 Å². The second kappa shape index (κ2) is 8.45. The number of esters is 1. The molecule has 0 aliphatic rings. The van der Waals surface area contributed by atoms with E-state index in [-0.39, 0.29) is 18.9 Å². The molecule has 148 valence electrons. The van der Waals surface area contributed by atoms with Gasteiger partial charge >= 0.3 is 5.97 Å². The average Bonchev–Trinajstić information content (AvgIpc) is 3.35. The number of hydrogen-bond donors (Lipinski definition) is 0. The second-order valence-electron chi connectivity index (χ2n) is 6.58. The highest BCUT2D eigenvalue weighted by atomic mass is 32.1. The minimum Gasteiger partial charge on any atom is -0.455 e. The second-order valence-corrected chi connectivity index (χ2v) is 7.59. The molecule has 0 aliphatic heterocycles. The van der Waals surface area contributed by atoms with E-state index in [0.717, 1.165) is 21.1 Å². The molecule has 0 unspecified atom stereocenters. The van der Waals surface area contributed by atoms with Gasteiger partial charge in [-0.3, -0.25) is 14.5 Å². The van der Waals surface area contributed by atoms with Crippen LogP contribution in [-0.4, -0.2) is 34.6 Å². The van der Waals surface area contributed by atoms with Crippen molar-refractivity contribution in [3.05, 3.63) is 60.8 Å². The van der Waals surface area contributed by atoms with Gasteiger partial charge in [-0.2, -0.15) is 0 Å². The van der Waals surface area contributed by atoms with E-state index in [1.54, 1.807) is 4.90 Å². The summed E-state index contributed by atoms with van der Waals surface area (Å²) >= 11 is 1.45. The van der Waals surface area contributed by atoms with Crippen molar-refractivity contribution in [1.29, 1.82) is 0 Å². The summed E-state index contributed by atoms with van der Waals surface area (Å²) in [5.41, 5.74) is 1.93. The third-order valence-electron chi connectivity index (χ3n) is 4.72. The zero-order valence-electron chi connectivity index (χ0n) is 16.1. The molecule has 0 aliphatic carbocycles. The fourth-order valence-electron chi connectivity index (χ4n) is 3.23. The molecule has 29 heavy (non-hydrogen) atoms. The van der Waals surface area contributed by atoms with Crippen LogP contribution in [0, 0.1) is 0 Å². The number of aryl methyl sites for hydroxylation is 1. The van der Waals surface area contributed by atoms with Crippen molar-refractivity contribution in [2.75, 3.05) is 18.1 Å². The van der Waals surface area contributed by atoms with Crippen LogP contribution in [0.25, 0.3) is 21.1 Å². The number of anilines is 1. The summed E-state index contributed by atoms with van der Waals surface area (Å²) < 4.78 is 8.26. The van der Waals surface area contributed by atoms with Gasteiger partial charge in [0, 0.05) is 24.8 Å². The number of likely N-dealkylation sites (N-methyl/N-ethyl adjacent to an activating group) is 1. The molecule has 2 aromatic carbocycles. The standard InChI is InChI=1S/C22H21N3O3S/c1-2-25(22-23-17-8-4-6-10-19(17)29-22)20(26)15-28-21(27)12-14-24-13-11-16-7-3-5-9-18(16)24/h3-11,13H,2,12,14-15H2,1H3. The number of fused-ring (bicyclic) bond motifs is 2. The lowest BCUT2D eigenvalue weighted by Crippen LogP contribution is -2.34. The van der Waals surface area contributed by atoms with Gasteiger partial charge in [-0.1, -0.05) is 41.7 Å². The quantitative estimate of drug-likeness (QED) is 0.430. The Bertz CT molecular complexity index is 1130. The van der Waals surface area contributed by atoms with Crippen molar-refractivity contribution >= 4 is 49.5 Å². The van der Waals surface area contributed by atoms with E-state index < -0.39 is 5.97 Å². The lowest BCUT2D eigenvalue weighted by atomic mass is 10.2. The Morgan fingerprint density at radius 3 is 2.72 bits per heavy atom. The van der Waals surface area contributed by atoms with Gasteiger partial charge in [0.1, 0.15) is 0 Å². The summed E-state index contributed by atoms with van der Waals surface area (Å²) in [5, 5.41) is 1.75. The smallest absolute Gasteiger partial charge is 0.308 e. The molecule has 2 heterocycles. The average molecular weight is 407 g/mol. The topological polar surface area (TPSA) is 64.4 Å². The van der Waals surface area contributed by atoms with Crippen LogP contribution in [0.4, 0.5) is 5.13 Å². The van der Waals surface area contributed by atoms with Crippen molar-refractivity contribution in [2.45, 2.75) is 19.9 Å². The predicted octanol–water partition coefficient (Wildman–Crippen LogP) is 4.24. The molecule has 0 saturated heterocycles. The van der Waals surface area contributed by atoms with Crippen LogP contribution in [0.2, 0.25) is 0 Å². The summed E-state index contributed by atoms with van der Waals surface area (Å²) in [7, 11) is 0. The molecule has 1 amide bonds. The Labute approximate surface area is 172 Å². The van der Waals surface area contributed by atoms with Crippen molar-refractivity contribution in [2.24, 2.45) is 0 Å². The molecule has 0 spiro atoms. The maximum absolute atomic E-state index is 12.6. The van der Waals surface area contributed by atoms with Crippen LogP contribution in [0.1, 0.15) is 13.3 Å². The fraction of sp³-hybridized carbons (Fsp3) is 0.227. The molecule has 0 radical (unpaired) electrons. The number of carbonyl (C=O) groups excluding carboxylic acids is 2. The van der Waals surface area contributed by atoms with Gasteiger partial charge in [-0.05, 0) is 36.6 Å². The van der Waals surface area contributed by atoms with Crippen LogP contribution < -0.4 is 4.90 Å². The molecule has 0 saturated carbocycles. The van der Waals surface area contributed by atoms with E-state index in [1.807, 2.05) is 72.3 Å². The molecule has 0 N–H and O–H groups in total. The van der Waals surface area contributed by atoms with Crippen LogP contribution in [-0.2, 0) is 20.9 Å². The number of benzene rings is 2. The Balaban J connectivity index is 1.33. The van der Waals surface area contributed by atoms with Crippen LogP contribution in [0.5, 0.6) is 0 Å². The lowest BCUT2D eigenvalue weighted by Gasteiger charge is -2.17. The molecule has 0 atom stereocenters. The fourth-order valence-corrected chi connectivity index (χ4v) is 4.28. The van der Waals surface area contributed by atoms with E-state index in [9.17, 15) is 9.59 Å². The maximum Gasteiger partial charge on any atom is 0.308 e. The zero-order valence-corrected chi connectivity index (χ0v) is 16.9. The van der Waals surface area contributed by atoms with Gasteiger partial charge in [-0.25, -0.2) is 4.98 Å². The van der Waals surface area contributed by atoms with E-state index in [2.05, 4.69) is 4.98 Å². The maximum atomic E-state index is 12.6. The first-order valence-electron chi connectivity index (χ1n) is 9.51. The monoisotopic (exact) mass is 407 g/mol. The number of rotatable bonds is 7. The van der Waals surface area contributed by atoms with Crippen LogP contribution >= 0.6 is 11.3 Å². The summed E-state index contributed by atoms with van der Waals surface area (Å²) in [6, 6.07) is 17.8. The SMILES string of the molecule is CCN(C(=O)COC(=O)CCn1ccc2ccccc21)c1nc2ccccc2s1. The van der Waals surface area contributed by atoms with Gasteiger partial charge < -0.3 is 9.30 Å². The predicted molar refractivity (Wildman–Crippen MR) is 115 cm³/mol. The van der Waals surface area contributed by atoms with Crippen LogP contribution in [0.3, 0.4) is 0 Å². The molecule has 0 fully saturated rings. The molecule has 6 nitrogen and oxygen atoms in total. The van der Waals surface area contributed by atoms with Crippen molar-refractivity contribution in [3.63, 3.8) is 0 Å². The molecule has 4 aromatic rings. The molecular formula is C22H21N3O3S. The third-order valence-corrected chi connectivity index (χ3v) is 5.78. The molecule has 7 heteroatoms. The zero-order chi connectivity index (χ0) is 20.2. The van der Waals surface area contributed by atoms with Crippen molar-refractivity contribution in [3.8, 4) is 0 Å². The lowest BCUT2D eigenvalue weighted by molar-refractivity contribution is -0.148. The van der Waals surface area contributed by atoms with E-state index in [1.165, 1.54) is 11.3 Å². The van der Waals surface area contributed by atoms with Gasteiger partial charge in [-0.15, -0.1) is 0 Å². The third kappa shape index (κ3) is 4.14. The Hall–Kier alpha value is -3.19. The Morgan fingerprint density at radius 2 is 1.90 bits per heavy atom. The first-order chi connectivity index (χ1) is 14.2. The van der Waals surface area contributed by atoms with Gasteiger partial charge in [0.05, 0.1) is 16.6 Å². The van der Waals surface area contributed by atoms with Gasteiger partial charge in [0.2, 0.25) is 0 Å². The number of thiazole rings is 1. The highest BCUT2D eigenvalue weighted by Crippen LogP contribution is 2.28. The summed E-state index contributed by atoms with van der Waals surface area (Å²) in [6.45, 7) is 2.57. The van der Waals surface area contributed by atoms with Gasteiger partial charge in [0.25, 0.3) is 5.91 Å². The molecule has 0 bridgehead atoms. The minimum absolute atomic E-state index is 0.208. The number of amides is 1. The number of nitrogens with zero attached hydrogens (tertiary/aromatic N) is 3. The first kappa shape index (κ1) is 19.1. The first-order valence-corrected chi connectivity index (χ1v) is 10.3. The number of aromatic nitrogens is 2. The highest BCUT2D eigenvalue weighted by molar-refractivity contribution is 7.22. The summed E-state index contributed by atoms with van der Waals surface area (Å²) in [5.74, 6) is -0.664. The molecule has 2 aromatic heterocycles. The number of carbonyl (C=O) groups is 2. The largest absolute Gasteiger partial charge is 0.455 e. The molecular weight excluding hydrogens is 386 g/mol. The highest BCUT2D eigenvalue weighted by Gasteiger charge is 2.19. The Morgan fingerprint density at radius 1 is 1.10 bits per heavy atom. The number of para-hydroxylation sites is 2. The summed E-state index contributed by atoms with van der Waals surface area (Å²) in [6.07, 6.45) is 2.16. The van der Waals surface area contributed by atoms with Crippen molar-refractivity contribution < 1.29 is 14.3 Å². The summed E-state index contributed by atoms with van der Waals surface area (Å²) in [4.78, 5) is 30.8. The minimum atomic E-state index is -0.392. The number of hydrogen-bond acceptors (Lipinski definition) is 5.